The Morgan fingerprint density at radius 1 is 1.40 bits per heavy atom. The van der Waals surface area contributed by atoms with Crippen molar-refractivity contribution in [3.63, 3.8) is 0 Å². The van der Waals surface area contributed by atoms with Crippen molar-refractivity contribution >= 4 is 12.0 Å². The van der Waals surface area contributed by atoms with Crippen molar-refractivity contribution in [2.75, 3.05) is 13.1 Å². The Kier molecular flexibility index (Phi) is 4.61. The smallest absolute Gasteiger partial charge is 0.408 e. The van der Waals surface area contributed by atoms with Gasteiger partial charge in [0.05, 0.1) is 0 Å². The Morgan fingerprint density at radius 2 is 2.15 bits per heavy atom. The minimum atomic E-state index is -1.01. The molecular formula is C15H20N2O3. The van der Waals surface area contributed by atoms with E-state index < -0.39 is 12.1 Å². The third kappa shape index (κ3) is 3.29. The highest BCUT2D eigenvalue weighted by atomic mass is 16.4. The number of aryl methyl sites for hydroxylation is 2. The average molecular weight is 276 g/mol. The van der Waals surface area contributed by atoms with E-state index in [9.17, 15) is 9.59 Å². The molecule has 5 nitrogen and oxygen atoms in total. The monoisotopic (exact) mass is 276 g/mol. The second-order valence-electron chi connectivity index (χ2n) is 5.12. The zero-order valence-corrected chi connectivity index (χ0v) is 11.6. The molecule has 2 N–H and O–H groups in total. The van der Waals surface area contributed by atoms with Gasteiger partial charge in [0.1, 0.15) is 6.04 Å². The van der Waals surface area contributed by atoms with E-state index in [4.69, 9.17) is 5.11 Å². The highest BCUT2D eigenvalue weighted by Gasteiger charge is 2.35. The number of unbranched alkanes of at least 4 members (excludes halogenated alkanes) is 1. The van der Waals surface area contributed by atoms with Crippen LogP contribution in [0.1, 0.15) is 24.0 Å². The van der Waals surface area contributed by atoms with Gasteiger partial charge in [-0.1, -0.05) is 24.3 Å². The number of nitrogens with one attached hydrogen (secondary N) is 1. The number of amides is 2. The van der Waals surface area contributed by atoms with Crippen molar-refractivity contribution in [2.24, 2.45) is 0 Å². The van der Waals surface area contributed by atoms with Gasteiger partial charge in [-0.3, -0.25) is 9.69 Å². The predicted octanol–water partition coefficient (Wildman–Crippen LogP) is 1.80. The standard InChI is InChI=1S/C15H20N2O3/c1-11-6-2-3-7-12(11)8-4-5-9-17(15(19)20)13-10-16-14(13)18/h2-3,6-7,13H,4-5,8-10H2,1H3,(H,16,18)(H,19,20)/t13-/m0/s1. The second-order valence-corrected chi connectivity index (χ2v) is 5.12. The fraction of sp³-hybridized carbons (Fsp3) is 0.467. The normalized spacial score (nSPS) is 17.2. The SMILES string of the molecule is Cc1ccccc1CCCCN(C(=O)O)[C@H]1CNC1=O. The molecule has 0 aliphatic carbocycles. The second kappa shape index (κ2) is 6.41. The van der Waals surface area contributed by atoms with Crippen LogP contribution in [-0.2, 0) is 11.2 Å². The largest absolute Gasteiger partial charge is 0.465 e. The van der Waals surface area contributed by atoms with Gasteiger partial charge in [0.25, 0.3) is 0 Å². The molecule has 0 radical (unpaired) electrons. The summed E-state index contributed by atoms with van der Waals surface area (Å²) in [4.78, 5) is 23.6. The van der Waals surface area contributed by atoms with E-state index >= 15 is 0 Å². The summed E-state index contributed by atoms with van der Waals surface area (Å²) in [6.45, 7) is 2.93. The fourth-order valence-electron chi connectivity index (χ4n) is 2.40. The summed E-state index contributed by atoms with van der Waals surface area (Å²) in [6, 6.07) is 7.72. The van der Waals surface area contributed by atoms with Crippen molar-refractivity contribution in [3.8, 4) is 0 Å². The van der Waals surface area contributed by atoms with Crippen molar-refractivity contribution in [1.82, 2.24) is 10.2 Å². The molecule has 0 unspecified atom stereocenters. The van der Waals surface area contributed by atoms with Crippen LogP contribution < -0.4 is 5.32 Å². The molecule has 0 aromatic heterocycles. The first-order chi connectivity index (χ1) is 9.59. The fourth-order valence-corrected chi connectivity index (χ4v) is 2.40. The van der Waals surface area contributed by atoms with E-state index in [0.29, 0.717) is 13.1 Å². The Bertz CT molecular complexity index is 502. The molecule has 108 valence electrons. The van der Waals surface area contributed by atoms with E-state index in [0.717, 1.165) is 19.3 Å². The number of rotatable bonds is 6. The number of β-lactam (4-membered cyclic amide) rings is 1. The van der Waals surface area contributed by atoms with E-state index in [1.807, 2.05) is 12.1 Å². The molecule has 1 aliphatic heterocycles. The quantitative estimate of drug-likeness (QED) is 0.615. The summed E-state index contributed by atoms with van der Waals surface area (Å²) in [6.07, 6.45) is 1.62. The zero-order valence-electron chi connectivity index (χ0n) is 11.6. The molecule has 1 atom stereocenters. The summed E-state index contributed by atoms with van der Waals surface area (Å²) in [7, 11) is 0. The molecule has 5 heteroatoms. The highest BCUT2D eigenvalue weighted by molar-refractivity contribution is 5.90. The van der Waals surface area contributed by atoms with Crippen LogP contribution in [0.3, 0.4) is 0 Å². The van der Waals surface area contributed by atoms with Crippen LogP contribution in [0.5, 0.6) is 0 Å². The number of benzene rings is 1. The first-order valence-electron chi connectivity index (χ1n) is 6.91. The molecule has 20 heavy (non-hydrogen) atoms. The minimum absolute atomic E-state index is 0.189. The van der Waals surface area contributed by atoms with Crippen LogP contribution in [0.4, 0.5) is 4.79 Å². The number of hydrogen-bond acceptors (Lipinski definition) is 2. The molecule has 1 saturated heterocycles. The molecule has 1 aromatic rings. The summed E-state index contributed by atoms with van der Waals surface area (Å²) in [5.74, 6) is -0.189. The Balaban J connectivity index is 1.78. The van der Waals surface area contributed by atoms with Crippen molar-refractivity contribution in [3.05, 3.63) is 35.4 Å². The maximum Gasteiger partial charge on any atom is 0.408 e. The van der Waals surface area contributed by atoms with Crippen LogP contribution >= 0.6 is 0 Å². The molecule has 0 saturated carbocycles. The van der Waals surface area contributed by atoms with Gasteiger partial charge in [-0.25, -0.2) is 4.79 Å². The first kappa shape index (κ1) is 14.4. The zero-order chi connectivity index (χ0) is 14.5. The molecule has 1 aromatic carbocycles. The maximum atomic E-state index is 11.3. The van der Waals surface area contributed by atoms with Gasteiger partial charge in [0.15, 0.2) is 0 Å². The molecule has 1 fully saturated rings. The first-order valence-corrected chi connectivity index (χ1v) is 6.91. The van der Waals surface area contributed by atoms with E-state index in [1.54, 1.807) is 0 Å². The summed E-state index contributed by atoms with van der Waals surface area (Å²) in [5.41, 5.74) is 2.57. The van der Waals surface area contributed by atoms with E-state index in [-0.39, 0.29) is 5.91 Å². The minimum Gasteiger partial charge on any atom is -0.465 e. The maximum absolute atomic E-state index is 11.3. The van der Waals surface area contributed by atoms with E-state index in [1.165, 1.54) is 16.0 Å². The molecule has 0 spiro atoms. The summed E-state index contributed by atoms with van der Waals surface area (Å²) >= 11 is 0. The lowest BCUT2D eigenvalue weighted by Gasteiger charge is -2.34. The van der Waals surface area contributed by atoms with Crippen molar-refractivity contribution < 1.29 is 14.7 Å². The van der Waals surface area contributed by atoms with Gasteiger partial charge in [-0.2, -0.15) is 0 Å². The van der Waals surface area contributed by atoms with Gasteiger partial charge in [-0.05, 0) is 37.3 Å². The molecule has 0 bridgehead atoms. The molecule has 2 amide bonds. The van der Waals surface area contributed by atoms with Gasteiger partial charge >= 0.3 is 6.09 Å². The lowest BCUT2D eigenvalue weighted by molar-refractivity contribution is -0.132. The Hall–Kier alpha value is -2.04. The van der Waals surface area contributed by atoms with Crippen molar-refractivity contribution in [2.45, 2.75) is 32.2 Å². The molecule has 1 aliphatic rings. The number of nitrogens with zero attached hydrogens (tertiary/aromatic N) is 1. The van der Waals surface area contributed by atoms with E-state index in [2.05, 4.69) is 24.4 Å². The number of carbonyl (C=O) groups is 2. The van der Waals surface area contributed by atoms with Crippen LogP contribution in [0.25, 0.3) is 0 Å². The Morgan fingerprint density at radius 3 is 2.70 bits per heavy atom. The number of carboxylic acid groups (broad SMARTS) is 1. The van der Waals surface area contributed by atoms with Crippen LogP contribution in [-0.4, -0.2) is 41.1 Å². The van der Waals surface area contributed by atoms with Gasteiger partial charge in [-0.15, -0.1) is 0 Å². The van der Waals surface area contributed by atoms with Gasteiger partial charge < -0.3 is 10.4 Å². The topological polar surface area (TPSA) is 69.6 Å². The lowest BCUT2D eigenvalue weighted by Crippen LogP contribution is -2.63. The van der Waals surface area contributed by atoms with Gasteiger partial charge in [0, 0.05) is 13.1 Å². The predicted molar refractivity (Wildman–Crippen MR) is 75.6 cm³/mol. The average Bonchev–Trinajstić information content (AvgIpc) is 2.41. The van der Waals surface area contributed by atoms with Crippen LogP contribution in [0.2, 0.25) is 0 Å². The molecule has 2 rings (SSSR count). The number of hydrogen-bond donors (Lipinski definition) is 2. The Labute approximate surface area is 118 Å². The van der Waals surface area contributed by atoms with Crippen molar-refractivity contribution in [1.29, 1.82) is 0 Å². The van der Waals surface area contributed by atoms with Gasteiger partial charge in [0.2, 0.25) is 5.91 Å². The van der Waals surface area contributed by atoms with Crippen LogP contribution in [0.15, 0.2) is 24.3 Å². The highest BCUT2D eigenvalue weighted by Crippen LogP contribution is 2.13. The third-order valence-corrected chi connectivity index (χ3v) is 3.75. The summed E-state index contributed by atoms with van der Waals surface area (Å²) < 4.78 is 0. The summed E-state index contributed by atoms with van der Waals surface area (Å²) in [5, 5.41) is 11.7. The third-order valence-electron chi connectivity index (χ3n) is 3.75. The lowest BCUT2D eigenvalue weighted by atomic mass is 10.0. The molecular weight excluding hydrogens is 256 g/mol. The molecule has 1 heterocycles. The van der Waals surface area contributed by atoms with Crippen LogP contribution in [0, 0.1) is 6.92 Å². The number of carbonyl (C=O) groups excluding carboxylic acids is 1.